The number of aromatic nitrogens is 1. The molecule has 1 saturated heterocycles. The third-order valence-corrected chi connectivity index (χ3v) is 9.78. The van der Waals surface area contributed by atoms with Gasteiger partial charge in [0.15, 0.2) is 0 Å². The Labute approximate surface area is 231 Å². The molecule has 1 aromatic heterocycles. The van der Waals surface area contributed by atoms with Gasteiger partial charge in [-0.2, -0.15) is 0 Å². The van der Waals surface area contributed by atoms with Crippen LogP contribution < -0.4 is 21.1 Å². The summed E-state index contributed by atoms with van der Waals surface area (Å²) in [6.07, 6.45) is 13.4. The first-order valence-corrected chi connectivity index (χ1v) is 15.3. The molecule has 206 valence electrons. The topological polar surface area (TPSA) is 103 Å². The normalized spacial score (nSPS) is 17.4. The van der Waals surface area contributed by atoms with Crippen molar-refractivity contribution in [3.05, 3.63) is 78.1 Å². The molecule has 0 unspecified atom stereocenters. The number of amides is 2. The van der Waals surface area contributed by atoms with Crippen LogP contribution in [0.2, 0.25) is 0 Å². The quantitative estimate of drug-likeness (QED) is 0.364. The number of rotatable bonds is 6. The minimum absolute atomic E-state index is 0.171. The van der Waals surface area contributed by atoms with Crippen LogP contribution >= 0.6 is 0 Å². The number of urea groups is 1. The lowest BCUT2D eigenvalue weighted by atomic mass is 9.83. The van der Waals surface area contributed by atoms with Crippen LogP contribution in [0.4, 0.5) is 16.2 Å². The number of anilines is 2. The van der Waals surface area contributed by atoms with E-state index in [9.17, 15) is 13.2 Å². The fourth-order valence-corrected chi connectivity index (χ4v) is 7.15. The van der Waals surface area contributed by atoms with Crippen LogP contribution in [0.1, 0.15) is 62.5 Å². The van der Waals surface area contributed by atoms with Gasteiger partial charge >= 0.3 is 6.03 Å². The van der Waals surface area contributed by atoms with Crippen LogP contribution in [0.25, 0.3) is 0 Å². The Balaban J connectivity index is 1.23. The average Bonchev–Trinajstić information content (AvgIpc) is 3.35. The van der Waals surface area contributed by atoms with Gasteiger partial charge in [-0.05, 0) is 85.8 Å². The lowest BCUT2D eigenvalue weighted by molar-refractivity contribution is 0.251. The molecule has 2 fully saturated rings. The van der Waals surface area contributed by atoms with Gasteiger partial charge in [0.25, 0.3) is 0 Å². The van der Waals surface area contributed by atoms with Crippen molar-refractivity contribution in [1.29, 1.82) is 0 Å². The molecule has 1 aliphatic carbocycles. The number of pyridine rings is 1. The summed E-state index contributed by atoms with van der Waals surface area (Å²) in [6, 6.07) is 15.1. The van der Waals surface area contributed by atoms with Crippen molar-refractivity contribution in [1.82, 2.24) is 15.7 Å². The number of sulfone groups is 1. The summed E-state index contributed by atoms with van der Waals surface area (Å²) in [6.45, 7) is 3.12. The fourth-order valence-electron chi connectivity index (χ4n) is 5.67. The number of aryl methyl sites for hydroxylation is 1. The first-order chi connectivity index (χ1) is 18.8. The lowest BCUT2D eigenvalue weighted by Crippen LogP contribution is -2.46. The van der Waals surface area contributed by atoms with E-state index in [0.717, 1.165) is 24.2 Å². The van der Waals surface area contributed by atoms with Crippen LogP contribution in [-0.2, 0) is 16.4 Å². The van der Waals surface area contributed by atoms with Crippen LogP contribution in [0, 0.1) is 6.92 Å². The third-order valence-electron chi connectivity index (χ3n) is 7.85. The van der Waals surface area contributed by atoms with E-state index in [1.54, 1.807) is 36.7 Å². The Morgan fingerprint density at radius 1 is 1.00 bits per heavy atom. The number of benzene rings is 2. The van der Waals surface area contributed by atoms with Gasteiger partial charge in [0.1, 0.15) is 0 Å². The zero-order valence-electron chi connectivity index (χ0n) is 22.4. The molecule has 1 aliphatic heterocycles. The minimum atomic E-state index is -3.71. The molecule has 1 spiro atoms. The maximum Gasteiger partial charge on any atom is 0.319 e. The Morgan fingerprint density at radius 2 is 1.74 bits per heavy atom. The molecule has 0 radical (unpaired) electrons. The summed E-state index contributed by atoms with van der Waals surface area (Å²) < 4.78 is 26.9. The summed E-state index contributed by atoms with van der Waals surface area (Å²) in [5, 5.41) is 7.70. The highest BCUT2D eigenvalue weighted by Gasteiger charge is 2.37. The molecule has 0 bridgehead atoms. The summed E-state index contributed by atoms with van der Waals surface area (Å²) >= 11 is 0. The molecule has 0 atom stereocenters. The van der Waals surface area contributed by atoms with Crippen molar-refractivity contribution in [2.24, 2.45) is 0 Å². The van der Waals surface area contributed by atoms with Gasteiger partial charge in [0.2, 0.25) is 9.84 Å². The number of carbonyl (C=O) groups is 1. The molecule has 1 saturated carbocycles. The van der Waals surface area contributed by atoms with Crippen LogP contribution in [-0.4, -0.2) is 31.5 Å². The van der Waals surface area contributed by atoms with E-state index < -0.39 is 9.84 Å². The zero-order chi connectivity index (χ0) is 27.3. The van der Waals surface area contributed by atoms with Crippen LogP contribution in [0.5, 0.6) is 0 Å². The van der Waals surface area contributed by atoms with E-state index in [2.05, 4.69) is 26.1 Å². The van der Waals surface area contributed by atoms with Gasteiger partial charge < -0.3 is 15.6 Å². The number of carbonyl (C=O) groups excluding carboxylic acids is 1. The number of hydrogen-bond acceptors (Lipinski definition) is 6. The molecule has 2 aliphatic rings. The summed E-state index contributed by atoms with van der Waals surface area (Å²) in [7, 11) is -3.71. The van der Waals surface area contributed by atoms with Gasteiger partial charge in [-0.15, -0.1) is 0 Å². The predicted molar refractivity (Wildman–Crippen MR) is 153 cm³/mol. The smallest absolute Gasteiger partial charge is 0.319 e. The third kappa shape index (κ3) is 6.42. The maximum atomic E-state index is 13.5. The molecule has 2 aromatic carbocycles. The number of hydrazine groups is 1. The van der Waals surface area contributed by atoms with Crippen LogP contribution in [0.3, 0.4) is 0 Å². The van der Waals surface area contributed by atoms with Crippen molar-refractivity contribution in [3.8, 4) is 0 Å². The van der Waals surface area contributed by atoms with Gasteiger partial charge in [0.05, 0.1) is 15.5 Å². The molecule has 3 aromatic rings. The maximum absolute atomic E-state index is 13.5. The Bertz CT molecular complexity index is 1390. The molecular weight excluding hydrogens is 510 g/mol. The molecule has 8 nitrogen and oxygen atoms in total. The molecule has 2 amide bonds. The SMILES string of the molecule is Cc1cc(N2CCC3(CCCCCCC3)N2)ccc1S(=O)(=O)c1ccc(NC(=O)NCc2cccnc2)cc1. The lowest BCUT2D eigenvalue weighted by Gasteiger charge is -2.33. The standard InChI is InChI=1S/C30H37N5O3S/c1-23-20-26(35-19-17-30(34-35)15-5-3-2-4-6-16-30)11-14-28(23)39(37,38)27-12-9-25(10-13-27)33-29(36)32-22-24-8-7-18-31-21-24/h7-14,18,20-21,34H,2-6,15-17,19,22H2,1H3,(H2,32,33,36). The monoisotopic (exact) mass is 547 g/mol. The van der Waals surface area contributed by atoms with Gasteiger partial charge in [-0.1, -0.05) is 38.2 Å². The van der Waals surface area contributed by atoms with E-state index in [1.807, 2.05) is 25.1 Å². The molecule has 39 heavy (non-hydrogen) atoms. The van der Waals surface area contributed by atoms with Gasteiger partial charge in [-0.25, -0.2) is 18.6 Å². The summed E-state index contributed by atoms with van der Waals surface area (Å²) in [5.41, 5.74) is 7.07. The highest BCUT2D eigenvalue weighted by molar-refractivity contribution is 7.91. The van der Waals surface area contributed by atoms with Crippen molar-refractivity contribution < 1.29 is 13.2 Å². The Kier molecular flexibility index (Phi) is 8.18. The Morgan fingerprint density at radius 3 is 2.44 bits per heavy atom. The van der Waals surface area contributed by atoms with Gasteiger partial charge in [0, 0.05) is 36.7 Å². The summed E-state index contributed by atoms with van der Waals surface area (Å²) in [5.74, 6) is 0. The molecule has 5 rings (SSSR count). The van der Waals surface area contributed by atoms with Crippen LogP contribution in [0.15, 0.2) is 76.8 Å². The average molecular weight is 548 g/mol. The number of hydrogen-bond donors (Lipinski definition) is 3. The molecule has 3 N–H and O–H groups in total. The fraction of sp³-hybridized carbons (Fsp3) is 0.400. The van der Waals surface area contributed by atoms with Crippen molar-refractivity contribution in [2.45, 2.75) is 80.2 Å². The predicted octanol–water partition coefficient (Wildman–Crippen LogP) is 5.74. The second-order valence-corrected chi connectivity index (χ2v) is 12.6. The van der Waals surface area contributed by atoms with E-state index in [-0.39, 0.29) is 16.5 Å². The van der Waals surface area contributed by atoms with Gasteiger partial charge in [-0.3, -0.25) is 4.98 Å². The molecule has 2 heterocycles. The second-order valence-electron chi connectivity index (χ2n) is 10.7. The zero-order valence-corrected chi connectivity index (χ0v) is 23.3. The Hall–Kier alpha value is -3.43. The van der Waals surface area contributed by atoms with E-state index in [1.165, 1.54) is 57.1 Å². The first kappa shape index (κ1) is 27.1. The van der Waals surface area contributed by atoms with Crippen molar-refractivity contribution >= 4 is 27.2 Å². The highest BCUT2D eigenvalue weighted by atomic mass is 32.2. The van der Waals surface area contributed by atoms with Crippen molar-refractivity contribution in [2.75, 3.05) is 16.9 Å². The largest absolute Gasteiger partial charge is 0.334 e. The van der Waals surface area contributed by atoms with E-state index in [0.29, 0.717) is 22.7 Å². The highest BCUT2D eigenvalue weighted by Crippen LogP contribution is 2.36. The molecule has 9 heteroatoms. The van der Waals surface area contributed by atoms with E-state index >= 15 is 0 Å². The summed E-state index contributed by atoms with van der Waals surface area (Å²) in [4.78, 5) is 16.7. The second kappa shape index (κ2) is 11.8. The molecular formula is C30H37N5O3S. The van der Waals surface area contributed by atoms with E-state index in [4.69, 9.17) is 0 Å². The minimum Gasteiger partial charge on any atom is -0.334 e. The first-order valence-electron chi connectivity index (χ1n) is 13.8. The number of nitrogens with zero attached hydrogens (tertiary/aromatic N) is 2. The van der Waals surface area contributed by atoms with Crippen molar-refractivity contribution in [3.63, 3.8) is 0 Å². The number of nitrogens with one attached hydrogen (secondary N) is 3.